The molecule has 0 radical (unpaired) electrons. The van der Waals surface area contributed by atoms with Gasteiger partial charge < -0.3 is 0 Å². The first kappa shape index (κ1) is 40.4. The van der Waals surface area contributed by atoms with E-state index in [9.17, 15) is 0 Å². The van der Waals surface area contributed by atoms with Crippen LogP contribution in [0.1, 0.15) is 204 Å². The van der Waals surface area contributed by atoms with Gasteiger partial charge in [0.25, 0.3) is 0 Å². The van der Waals surface area contributed by atoms with Crippen molar-refractivity contribution in [1.82, 2.24) is 0 Å². The summed E-state index contributed by atoms with van der Waals surface area (Å²) in [6.45, 7) is 20.4. The Kier molecular flexibility index (Phi) is 12.0. The Balaban J connectivity index is 1.13. The quantitative estimate of drug-likeness (QED) is 0.235. The molecule has 0 aliphatic heterocycles. The van der Waals surface area contributed by atoms with Crippen molar-refractivity contribution < 1.29 is 0 Å². The Morgan fingerprint density at radius 2 is 0.800 bits per heavy atom. The molecule has 55 heavy (non-hydrogen) atoms. The standard InChI is InChI=1S/C54H84Si/c1-53(2,3)43-29-25-39(26-30-43)45-21-15-23-47-49(45)35-41(33-37-17-11-9-12-18-37)51(47)55(7,8)52-42(34-38-19-13-10-14-20-38)36-50-46(22-16-24-48(50)52)40-27-31-44(32-28-40)54(4,5)6/h25-32,37-38,41-42,45-52H,9-24,33-36H2,1-8H3. The fourth-order valence-electron chi connectivity index (χ4n) is 15.9. The first-order valence-electron chi connectivity index (χ1n) is 24.5. The summed E-state index contributed by atoms with van der Waals surface area (Å²) in [7, 11) is -1.68. The molecule has 6 saturated carbocycles. The molecule has 1 heteroatoms. The van der Waals surface area contributed by atoms with Crippen molar-refractivity contribution in [3.05, 3.63) is 70.8 Å². The summed E-state index contributed by atoms with van der Waals surface area (Å²) in [4.78, 5) is 0. The van der Waals surface area contributed by atoms with Crippen molar-refractivity contribution >= 4 is 8.07 Å². The first-order chi connectivity index (χ1) is 26.3. The Morgan fingerprint density at radius 3 is 1.15 bits per heavy atom. The number of hydrogen-bond acceptors (Lipinski definition) is 0. The molecular weight excluding hydrogens is 677 g/mol. The van der Waals surface area contributed by atoms with Crippen LogP contribution in [0.4, 0.5) is 0 Å². The Morgan fingerprint density at radius 1 is 0.436 bits per heavy atom. The van der Waals surface area contributed by atoms with Gasteiger partial charge in [-0.3, -0.25) is 0 Å². The minimum atomic E-state index is -1.68. The first-order valence-corrected chi connectivity index (χ1v) is 27.7. The largest absolute Gasteiger partial charge is 0.0689 e. The molecule has 0 heterocycles. The zero-order valence-electron chi connectivity index (χ0n) is 37.2. The molecule has 0 aromatic heterocycles. The molecule has 2 aromatic carbocycles. The summed E-state index contributed by atoms with van der Waals surface area (Å²) < 4.78 is 0. The maximum Gasteiger partial charge on any atom is 0.0547 e. The second-order valence-electron chi connectivity index (χ2n) is 23.8. The smallest absolute Gasteiger partial charge is 0.0547 e. The summed E-state index contributed by atoms with van der Waals surface area (Å²) in [5, 5.41) is 0. The lowest BCUT2D eigenvalue weighted by Gasteiger charge is -2.50. The third-order valence-electron chi connectivity index (χ3n) is 18.2. The van der Waals surface area contributed by atoms with E-state index in [0.717, 1.165) is 70.3 Å². The molecule has 10 atom stereocenters. The molecule has 0 spiro atoms. The molecule has 10 unspecified atom stereocenters. The average molecular weight is 761 g/mol. The van der Waals surface area contributed by atoms with Crippen LogP contribution in [0.3, 0.4) is 0 Å². The average Bonchev–Trinajstić information content (AvgIpc) is 3.74. The van der Waals surface area contributed by atoms with Crippen LogP contribution in [0.5, 0.6) is 0 Å². The lowest BCUT2D eigenvalue weighted by atomic mass is 9.70. The van der Waals surface area contributed by atoms with E-state index >= 15 is 0 Å². The molecule has 6 aliphatic carbocycles. The predicted octanol–water partition coefficient (Wildman–Crippen LogP) is 16.4. The Bertz CT molecular complexity index is 1410. The van der Waals surface area contributed by atoms with Gasteiger partial charge in [0, 0.05) is 0 Å². The monoisotopic (exact) mass is 761 g/mol. The lowest BCUT2D eigenvalue weighted by Crippen LogP contribution is -2.48. The third kappa shape index (κ3) is 8.42. The van der Waals surface area contributed by atoms with Crippen molar-refractivity contribution in [2.75, 3.05) is 0 Å². The van der Waals surface area contributed by atoms with Gasteiger partial charge in [0.2, 0.25) is 0 Å². The summed E-state index contributed by atoms with van der Waals surface area (Å²) in [6, 6.07) is 20.4. The summed E-state index contributed by atoms with van der Waals surface area (Å²) >= 11 is 0. The number of fused-ring (bicyclic) bond motifs is 2. The van der Waals surface area contributed by atoms with Gasteiger partial charge in [-0.05, 0) is 142 Å². The van der Waals surface area contributed by atoms with Crippen LogP contribution in [-0.2, 0) is 10.8 Å². The van der Waals surface area contributed by atoms with E-state index in [-0.39, 0.29) is 10.8 Å². The normalized spacial score (nSPS) is 35.4. The van der Waals surface area contributed by atoms with E-state index in [1.807, 2.05) is 0 Å². The summed E-state index contributed by atoms with van der Waals surface area (Å²) in [6.07, 6.45) is 30.3. The highest BCUT2D eigenvalue weighted by molar-refractivity contribution is 6.80. The van der Waals surface area contributed by atoms with E-state index in [4.69, 9.17) is 0 Å². The maximum atomic E-state index is 3.05. The molecule has 0 amide bonds. The van der Waals surface area contributed by atoms with E-state index in [1.54, 1.807) is 49.7 Å². The van der Waals surface area contributed by atoms with Gasteiger partial charge in [-0.15, -0.1) is 0 Å². The van der Waals surface area contributed by atoms with Crippen molar-refractivity contribution in [2.45, 2.75) is 217 Å². The fraction of sp³-hybridized carbons (Fsp3) is 0.778. The van der Waals surface area contributed by atoms with Crippen molar-refractivity contribution in [3.63, 3.8) is 0 Å². The highest BCUT2D eigenvalue weighted by atomic mass is 28.3. The second-order valence-corrected chi connectivity index (χ2v) is 28.8. The number of hydrogen-bond donors (Lipinski definition) is 0. The van der Waals surface area contributed by atoms with Crippen molar-refractivity contribution in [1.29, 1.82) is 0 Å². The van der Waals surface area contributed by atoms with Crippen LogP contribution in [0.15, 0.2) is 48.5 Å². The highest BCUT2D eigenvalue weighted by Gasteiger charge is 2.61. The van der Waals surface area contributed by atoms with Crippen LogP contribution in [0.2, 0.25) is 24.2 Å². The Hall–Kier alpha value is -1.34. The zero-order valence-corrected chi connectivity index (χ0v) is 38.2. The minimum absolute atomic E-state index is 0.230. The highest BCUT2D eigenvalue weighted by Crippen LogP contribution is 2.69. The zero-order chi connectivity index (χ0) is 38.5. The van der Waals surface area contributed by atoms with Crippen LogP contribution in [0, 0.1) is 47.3 Å². The maximum absolute atomic E-state index is 3.05. The predicted molar refractivity (Wildman–Crippen MR) is 241 cm³/mol. The van der Waals surface area contributed by atoms with Crippen LogP contribution in [-0.4, -0.2) is 8.07 Å². The summed E-state index contributed by atoms with van der Waals surface area (Å²) in [5.41, 5.74) is 8.95. The molecule has 8 rings (SSSR count). The lowest BCUT2D eigenvalue weighted by molar-refractivity contribution is 0.226. The molecule has 2 aromatic rings. The van der Waals surface area contributed by atoms with E-state index < -0.39 is 8.07 Å². The Labute approximate surface area is 341 Å². The number of rotatable bonds is 8. The topological polar surface area (TPSA) is 0 Å². The molecule has 0 bridgehead atoms. The molecule has 6 fully saturated rings. The molecule has 0 N–H and O–H groups in total. The molecule has 0 saturated heterocycles. The van der Waals surface area contributed by atoms with Gasteiger partial charge in [0.1, 0.15) is 0 Å². The van der Waals surface area contributed by atoms with Gasteiger partial charge in [-0.25, -0.2) is 0 Å². The molecular formula is C54H84Si. The SMILES string of the molecule is CC(C)(C)c1ccc(C2CCCC3C2CC(CC2CCCCC2)C3[Si](C)(C)C2C(CC3CCCCC3)CC3C(c4ccc(C(C)(C)C)cc4)CCCC32)cc1. The van der Waals surface area contributed by atoms with Gasteiger partial charge in [-0.2, -0.15) is 0 Å². The van der Waals surface area contributed by atoms with E-state index in [2.05, 4.69) is 103 Å². The molecule has 304 valence electrons. The van der Waals surface area contributed by atoms with E-state index in [0.29, 0.717) is 0 Å². The van der Waals surface area contributed by atoms with Crippen LogP contribution < -0.4 is 0 Å². The summed E-state index contributed by atoms with van der Waals surface area (Å²) in [5.74, 6) is 9.41. The minimum Gasteiger partial charge on any atom is -0.0689 e. The van der Waals surface area contributed by atoms with Crippen molar-refractivity contribution in [3.8, 4) is 0 Å². The van der Waals surface area contributed by atoms with Crippen LogP contribution in [0.25, 0.3) is 0 Å². The molecule has 6 aliphatic rings. The second kappa shape index (κ2) is 16.4. The van der Waals surface area contributed by atoms with E-state index in [1.165, 1.54) is 101 Å². The van der Waals surface area contributed by atoms with Gasteiger partial charge in [0.05, 0.1) is 8.07 Å². The third-order valence-corrected chi connectivity index (χ3v) is 23.4. The van der Waals surface area contributed by atoms with Crippen molar-refractivity contribution in [2.24, 2.45) is 47.3 Å². The van der Waals surface area contributed by atoms with Gasteiger partial charge >= 0.3 is 0 Å². The van der Waals surface area contributed by atoms with Gasteiger partial charge in [0.15, 0.2) is 0 Å². The molecule has 0 nitrogen and oxygen atoms in total. The fourth-order valence-corrected chi connectivity index (χ4v) is 22.3. The van der Waals surface area contributed by atoms with Gasteiger partial charge in [-0.1, -0.05) is 193 Å². The van der Waals surface area contributed by atoms with Crippen LogP contribution >= 0.6 is 0 Å². The number of benzene rings is 2.